The Hall–Kier alpha value is -1.63. The normalized spacial score (nSPS) is 18.7. The maximum Gasteiger partial charge on any atom is 0.323 e. The van der Waals surface area contributed by atoms with Crippen molar-refractivity contribution >= 4 is 11.9 Å². The summed E-state index contributed by atoms with van der Waals surface area (Å²) in [4.78, 5) is 14.6. The monoisotopic (exact) mass is 253 g/mol. The highest BCUT2D eigenvalue weighted by molar-refractivity contribution is 5.36. The second-order valence-electron chi connectivity index (χ2n) is 4.27. The van der Waals surface area contributed by atoms with Gasteiger partial charge in [-0.2, -0.15) is 15.0 Å². The predicted octanol–water partition coefficient (Wildman–Crippen LogP) is 0.537. The third kappa shape index (κ3) is 3.19. The Morgan fingerprint density at radius 1 is 1.39 bits per heavy atom. The van der Waals surface area contributed by atoms with Gasteiger partial charge < -0.3 is 19.7 Å². The van der Waals surface area contributed by atoms with Crippen LogP contribution in [0, 0.1) is 0 Å². The topological polar surface area (TPSA) is 72.4 Å². The molecule has 1 aromatic rings. The molecule has 1 N–H and O–H groups in total. The molecule has 0 bridgehead atoms. The fraction of sp³-hybridized carbons (Fsp3) is 0.727. The molecule has 0 radical (unpaired) electrons. The standard InChI is InChI=1S/C11H19N5O2/c1-4-12-9-13-10(16(2)3)15-11(14-9)18-8-5-6-17-7-8/h8H,4-7H2,1-3H3,(H,12,13,14,15). The number of rotatable bonds is 5. The van der Waals surface area contributed by atoms with Crippen molar-refractivity contribution in [3.05, 3.63) is 0 Å². The summed E-state index contributed by atoms with van der Waals surface area (Å²) in [5, 5.41) is 3.07. The van der Waals surface area contributed by atoms with Crippen LogP contribution in [0.1, 0.15) is 13.3 Å². The number of hydrogen-bond donors (Lipinski definition) is 1. The van der Waals surface area contributed by atoms with E-state index >= 15 is 0 Å². The molecule has 1 aromatic heterocycles. The summed E-state index contributed by atoms with van der Waals surface area (Å²) in [5.74, 6) is 1.11. The van der Waals surface area contributed by atoms with E-state index in [4.69, 9.17) is 9.47 Å². The molecule has 0 saturated carbocycles. The third-order valence-corrected chi connectivity index (χ3v) is 2.50. The van der Waals surface area contributed by atoms with Gasteiger partial charge in [-0.05, 0) is 6.92 Å². The number of hydrogen-bond acceptors (Lipinski definition) is 7. The summed E-state index contributed by atoms with van der Waals surface area (Å²) >= 11 is 0. The van der Waals surface area contributed by atoms with Crippen LogP contribution in [-0.2, 0) is 4.74 Å². The van der Waals surface area contributed by atoms with E-state index in [9.17, 15) is 0 Å². The number of nitrogens with one attached hydrogen (secondary N) is 1. The van der Waals surface area contributed by atoms with Crippen LogP contribution < -0.4 is 15.0 Å². The van der Waals surface area contributed by atoms with Crippen molar-refractivity contribution in [1.29, 1.82) is 0 Å². The van der Waals surface area contributed by atoms with Gasteiger partial charge in [0, 0.05) is 27.1 Å². The number of aromatic nitrogens is 3. The second-order valence-corrected chi connectivity index (χ2v) is 4.27. The van der Waals surface area contributed by atoms with E-state index in [-0.39, 0.29) is 6.10 Å². The van der Waals surface area contributed by atoms with Crippen molar-refractivity contribution in [2.45, 2.75) is 19.4 Å². The Morgan fingerprint density at radius 2 is 2.22 bits per heavy atom. The molecule has 1 atom stereocenters. The van der Waals surface area contributed by atoms with Gasteiger partial charge in [0.15, 0.2) is 0 Å². The maximum absolute atomic E-state index is 5.70. The Kier molecular flexibility index (Phi) is 4.14. The van der Waals surface area contributed by atoms with Crippen molar-refractivity contribution in [3.63, 3.8) is 0 Å². The van der Waals surface area contributed by atoms with Crippen LogP contribution in [0.2, 0.25) is 0 Å². The van der Waals surface area contributed by atoms with Gasteiger partial charge in [0.25, 0.3) is 0 Å². The molecule has 1 unspecified atom stereocenters. The van der Waals surface area contributed by atoms with E-state index in [1.54, 1.807) is 0 Å². The van der Waals surface area contributed by atoms with E-state index in [1.165, 1.54) is 0 Å². The van der Waals surface area contributed by atoms with E-state index in [2.05, 4.69) is 20.3 Å². The lowest BCUT2D eigenvalue weighted by molar-refractivity contribution is 0.134. The van der Waals surface area contributed by atoms with Crippen molar-refractivity contribution in [3.8, 4) is 6.01 Å². The Morgan fingerprint density at radius 3 is 2.83 bits per heavy atom. The first-order valence-electron chi connectivity index (χ1n) is 6.10. The summed E-state index contributed by atoms with van der Waals surface area (Å²) in [6.07, 6.45) is 0.913. The van der Waals surface area contributed by atoms with E-state index < -0.39 is 0 Å². The van der Waals surface area contributed by atoms with Gasteiger partial charge in [-0.25, -0.2) is 0 Å². The molecule has 1 aliphatic heterocycles. The summed E-state index contributed by atoms with van der Waals surface area (Å²) in [6.45, 7) is 4.07. The van der Waals surface area contributed by atoms with Crippen LogP contribution in [0.5, 0.6) is 6.01 Å². The molecule has 7 nitrogen and oxygen atoms in total. The first kappa shape index (κ1) is 12.8. The van der Waals surface area contributed by atoms with Gasteiger partial charge in [-0.3, -0.25) is 0 Å². The van der Waals surface area contributed by atoms with Gasteiger partial charge in [0.2, 0.25) is 11.9 Å². The molecule has 7 heteroatoms. The van der Waals surface area contributed by atoms with Gasteiger partial charge >= 0.3 is 6.01 Å². The van der Waals surface area contributed by atoms with Gasteiger partial charge in [0.1, 0.15) is 6.10 Å². The molecular weight excluding hydrogens is 234 g/mol. The fourth-order valence-electron chi connectivity index (χ4n) is 1.59. The first-order valence-corrected chi connectivity index (χ1v) is 6.10. The molecule has 0 amide bonds. The number of anilines is 2. The van der Waals surface area contributed by atoms with Crippen LogP contribution >= 0.6 is 0 Å². The molecule has 100 valence electrons. The number of nitrogens with zero attached hydrogens (tertiary/aromatic N) is 4. The molecule has 2 rings (SSSR count). The van der Waals surface area contributed by atoms with Crippen molar-refractivity contribution in [2.24, 2.45) is 0 Å². The zero-order valence-electron chi connectivity index (χ0n) is 11.0. The Labute approximate surface area is 107 Å². The van der Waals surface area contributed by atoms with Crippen LogP contribution in [0.25, 0.3) is 0 Å². The average molecular weight is 253 g/mol. The lowest BCUT2D eigenvalue weighted by atomic mass is 10.3. The Bertz CT molecular complexity index is 393. The lowest BCUT2D eigenvalue weighted by Gasteiger charge is -2.15. The molecule has 1 saturated heterocycles. The fourth-order valence-corrected chi connectivity index (χ4v) is 1.59. The SMILES string of the molecule is CCNc1nc(OC2CCOC2)nc(N(C)C)n1. The smallest absolute Gasteiger partial charge is 0.323 e. The van der Waals surface area contributed by atoms with Crippen molar-refractivity contribution in [1.82, 2.24) is 15.0 Å². The molecular formula is C11H19N5O2. The van der Waals surface area contributed by atoms with E-state index in [0.29, 0.717) is 24.5 Å². The highest BCUT2D eigenvalue weighted by atomic mass is 16.6. The first-order chi connectivity index (χ1) is 8.69. The van der Waals surface area contributed by atoms with Crippen molar-refractivity contribution < 1.29 is 9.47 Å². The quantitative estimate of drug-likeness (QED) is 0.820. The summed E-state index contributed by atoms with van der Waals surface area (Å²) in [5.41, 5.74) is 0. The number of ether oxygens (including phenoxy) is 2. The highest BCUT2D eigenvalue weighted by Crippen LogP contribution is 2.16. The summed E-state index contributed by atoms with van der Waals surface area (Å²) in [7, 11) is 3.76. The molecule has 0 spiro atoms. The largest absolute Gasteiger partial charge is 0.457 e. The highest BCUT2D eigenvalue weighted by Gasteiger charge is 2.19. The molecule has 1 fully saturated rings. The second kappa shape index (κ2) is 5.81. The van der Waals surface area contributed by atoms with E-state index in [1.807, 2.05) is 25.9 Å². The van der Waals surface area contributed by atoms with Crippen LogP contribution in [0.3, 0.4) is 0 Å². The average Bonchev–Trinajstić information content (AvgIpc) is 2.82. The molecule has 2 heterocycles. The zero-order chi connectivity index (χ0) is 13.0. The molecule has 1 aliphatic rings. The predicted molar refractivity (Wildman–Crippen MR) is 68.2 cm³/mol. The van der Waals surface area contributed by atoms with Gasteiger partial charge in [0.05, 0.1) is 13.2 Å². The maximum atomic E-state index is 5.70. The minimum atomic E-state index is 0.0388. The summed E-state index contributed by atoms with van der Waals surface area (Å²) in [6, 6.07) is 0.347. The molecule has 0 aliphatic carbocycles. The van der Waals surface area contributed by atoms with Gasteiger partial charge in [-0.1, -0.05) is 0 Å². The van der Waals surface area contributed by atoms with Crippen LogP contribution in [0.15, 0.2) is 0 Å². The van der Waals surface area contributed by atoms with Crippen molar-refractivity contribution in [2.75, 3.05) is 44.1 Å². The minimum Gasteiger partial charge on any atom is -0.457 e. The molecule has 0 aromatic carbocycles. The van der Waals surface area contributed by atoms with Gasteiger partial charge in [-0.15, -0.1) is 0 Å². The molecule has 18 heavy (non-hydrogen) atoms. The van der Waals surface area contributed by atoms with Crippen LogP contribution in [-0.4, -0.2) is 54.9 Å². The van der Waals surface area contributed by atoms with E-state index in [0.717, 1.165) is 19.6 Å². The summed E-state index contributed by atoms with van der Waals surface area (Å²) < 4.78 is 11.0. The minimum absolute atomic E-state index is 0.0388. The van der Waals surface area contributed by atoms with Crippen LogP contribution in [0.4, 0.5) is 11.9 Å². The lowest BCUT2D eigenvalue weighted by Crippen LogP contribution is -2.20. The third-order valence-electron chi connectivity index (χ3n) is 2.50. The zero-order valence-corrected chi connectivity index (χ0v) is 11.0. The Balaban J connectivity index is 2.16.